The standard InChI is InChI=1S/C11H22N2O/c14-9-2-1-6-12-10-5-8-13-7-3-4-11(10)13/h10-12,14H,1-9H2. The summed E-state index contributed by atoms with van der Waals surface area (Å²) < 4.78 is 0. The zero-order chi connectivity index (χ0) is 9.80. The second kappa shape index (κ2) is 5.10. The molecule has 0 saturated carbocycles. The van der Waals surface area contributed by atoms with Crippen LogP contribution in [0.3, 0.4) is 0 Å². The van der Waals surface area contributed by atoms with Gasteiger partial charge in [0, 0.05) is 25.2 Å². The lowest BCUT2D eigenvalue weighted by Crippen LogP contribution is -2.39. The highest BCUT2D eigenvalue weighted by molar-refractivity contribution is 4.95. The van der Waals surface area contributed by atoms with E-state index in [0.717, 1.165) is 31.5 Å². The Morgan fingerprint density at radius 2 is 2.14 bits per heavy atom. The van der Waals surface area contributed by atoms with Gasteiger partial charge in [-0.2, -0.15) is 0 Å². The molecule has 2 rings (SSSR count). The lowest BCUT2D eigenvalue weighted by Gasteiger charge is -2.21. The molecule has 0 spiro atoms. The number of unbranched alkanes of at least 4 members (excludes halogenated alkanes) is 1. The first-order valence-electron chi connectivity index (χ1n) is 6.00. The van der Waals surface area contributed by atoms with Crippen LogP contribution in [0.2, 0.25) is 0 Å². The van der Waals surface area contributed by atoms with Gasteiger partial charge in [-0.15, -0.1) is 0 Å². The van der Waals surface area contributed by atoms with E-state index >= 15 is 0 Å². The van der Waals surface area contributed by atoms with Gasteiger partial charge in [-0.25, -0.2) is 0 Å². The first kappa shape index (κ1) is 10.4. The molecule has 0 amide bonds. The van der Waals surface area contributed by atoms with E-state index in [1.807, 2.05) is 0 Å². The first-order valence-corrected chi connectivity index (χ1v) is 6.00. The quantitative estimate of drug-likeness (QED) is 0.635. The lowest BCUT2D eigenvalue weighted by atomic mass is 10.1. The number of aliphatic hydroxyl groups excluding tert-OH is 1. The smallest absolute Gasteiger partial charge is 0.0431 e. The van der Waals surface area contributed by atoms with E-state index in [2.05, 4.69) is 10.2 Å². The third-order valence-electron chi connectivity index (χ3n) is 3.60. The molecule has 2 heterocycles. The molecule has 2 unspecified atom stereocenters. The maximum Gasteiger partial charge on any atom is 0.0431 e. The van der Waals surface area contributed by atoms with Crippen LogP contribution in [0, 0.1) is 0 Å². The summed E-state index contributed by atoms with van der Waals surface area (Å²) in [4.78, 5) is 2.63. The van der Waals surface area contributed by atoms with Gasteiger partial charge < -0.3 is 10.4 Å². The largest absolute Gasteiger partial charge is 0.396 e. The summed E-state index contributed by atoms with van der Waals surface area (Å²) in [5.74, 6) is 0. The number of fused-ring (bicyclic) bond motifs is 1. The molecule has 2 aliphatic heterocycles. The Morgan fingerprint density at radius 1 is 1.21 bits per heavy atom. The normalized spacial score (nSPS) is 32.4. The molecule has 0 radical (unpaired) electrons. The Hall–Kier alpha value is -0.120. The van der Waals surface area contributed by atoms with Crippen molar-refractivity contribution < 1.29 is 5.11 Å². The van der Waals surface area contributed by atoms with E-state index in [1.54, 1.807) is 0 Å². The van der Waals surface area contributed by atoms with Crippen molar-refractivity contribution in [2.24, 2.45) is 0 Å². The Labute approximate surface area is 86.5 Å². The van der Waals surface area contributed by atoms with Gasteiger partial charge in [0.15, 0.2) is 0 Å². The van der Waals surface area contributed by atoms with Gasteiger partial charge in [0.2, 0.25) is 0 Å². The average Bonchev–Trinajstić information content (AvgIpc) is 2.75. The Balaban J connectivity index is 1.66. The maximum absolute atomic E-state index is 8.67. The molecular weight excluding hydrogens is 176 g/mol. The van der Waals surface area contributed by atoms with Crippen molar-refractivity contribution in [2.75, 3.05) is 26.2 Å². The van der Waals surface area contributed by atoms with Crippen molar-refractivity contribution in [1.82, 2.24) is 10.2 Å². The molecule has 0 aromatic rings. The Bertz CT molecular complexity index is 175. The second-order valence-electron chi connectivity index (χ2n) is 4.53. The zero-order valence-corrected chi connectivity index (χ0v) is 8.91. The number of nitrogens with one attached hydrogen (secondary N) is 1. The van der Waals surface area contributed by atoms with Crippen molar-refractivity contribution in [1.29, 1.82) is 0 Å². The van der Waals surface area contributed by atoms with E-state index in [1.165, 1.54) is 32.4 Å². The van der Waals surface area contributed by atoms with Crippen LogP contribution in [-0.4, -0.2) is 48.3 Å². The predicted octanol–water partition coefficient (Wildman–Crippen LogP) is 0.585. The van der Waals surface area contributed by atoms with Crippen LogP contribution < -0.4 is 5.32 Å². The molecule has 2 saturated heterocycles. The van der Waals surface area contributed by atoms with Crippen LogP contribution in [0.4, 0.5) is 0 Å². The number of hydrogen-bond donors (Lipinski definition) is 2. The zero-order valence-electron chi connectivity index (χ0n) is 8.91. The predicted molar refractivity (Wildman–Crippen MR) is 57.3 cm³/mol. The van der Waals surface area contributed by atoms with Crippen LogP contribution in [0.1, 0.15) is 32.1 Å². The van der Waals surface area contributed by atoms with Crippen molar-refractivity contribution in [3.05, 3.63) is 0 Å². The van der Waals surface area contributed by atoms with E-state index in [0.29, 0.717) is 6.61 Å². The molecule has 3 nitrogen and oxygen atoms in total. The van der Waals surface area contributed by atoms with Crippen LogP contribution in [-0.2, 0) is 0 Å². The minimum absolute atomic E-state index is 0.335. The third-order valence-corrected chi connectivity index (χ3v) is 3.60. The van der Waals surface area contributed by atoms with E-state index in [4.69, 9.17) is 5.11 Å². The fraction of sp³-hybridized carbons (Fsp3) is 1.00. The molecule has 0 aliphatic carbocycles. The molecular formula is C11H22N2O. The van der Waals surface area contributed by atoms with Gasteiger partial charge in [-0.3, -0.25) is 4.90 Å². The monoisotopic (exact) mass is 198 g/mol. The van der Waals surface area contributed by atoms with Gasteiger partial charge >= 0.3 is 0 Å². The molecule has 82 valence electrons. The number of aliphatic hydroxyl groups is 1. The van der Waals surface area contributed by atoms with Crippen LogP contribution in [0.25, 0.3) is 0 Å². The Kier molecular flexibility index (Phi) is 3.79. The van der Waals surface area contributed by atoms with Gasteiger partial charge in [0.25, 0.3) is 0 Å². The third kappa shape index (κ3) is 2.27. The summed E-state index contributed by atoms with van der Waals surface area (Å²) in [5.41, 5.74) is 0. The molecule has 2 N–H and O–H groups in total. The maximum atomic E-state index is 8.67. The van der Waals surface area contributed by atoms with Crippen LogP contribution in [0.15, 0.2) is 0 Å². The number of nitrogens with zero attached hydrogens (tertiary/aromatic N) is 1. The summed E-state index contributed by atoms with van der Waals surface area (Å²) in [6.07, 6.45) is 6.15. The summed E-state index contributed by atoms with van der Waals surface area (Å²) in [5, 5.41) is 12.3. The highest BCUT2D eigenvalue weighted by atomic mass is 16.2. The molecule has 2 atom stereocenters. The van der Waals surface area contributed by atoms with Crippen molar-refractivity contribution >= 4 is 0 Å². The van der Waals surface area contributed by atoms with E-state index in [-0.39, 0.29) is 0 Å². The van der Waals surface area contributed by atoms with Gasteiger partial charge in [0.05, 0.1) is 0 Å². The molecule has 2 aliphatic rings. The minimum Gasteiger partial charge on any atom is -0.396 e. The average molecular weight is 198 g/mol. The number of hydrogen-bond acceptors (Lipinski definition) is 3. The molecule has 0 aromatic heterocycles. The lowest BCUT2D eigenvalue weighted by molar-refractivity contribution is 0.277. The molecule has 14 heavy (non-hydrogen) atoms. The van der Waals surface area contributed by atoms with Crippen molar-refractivity contribution in [2.45, 2.75) is 44.2 Å². The van der Waals surface area contributed by atoms with Crippen molar-refractivity contribution in [3.63, 3.8) is 0 Å². The summed E-state index contributed by atoms with van der Waals surface area (Å²) in [6.45, 7) is 4.03. The van der Waals surface area contributed by atoms with E-state index in [9.17, 15) is 0 Å². The minimum atomic E-state index is 0.335. The Morgan fingerprint density at radius 3 is 3.00 bits per heavy atom. The second-order valence-corrected chi connectivity index (χ2v) is 4.53. The number of rotatable bonds is 5. The van der Waals surface area contributed by atoms with Crippen molar-refractivity contribution in [3.8, 4) is 0 Å². The fourth-order valence-corrected chi connectivity index (χ4v) is 2.84. The summed E-state index contributed by atoms with van der Waals surface area (Å²) in [6, 6.07) is 1.56. The van der Waals surface area contributed by atoms with Crippen LogP contribution in [0.5, 0.6) is 0 Å². The van der Waals surface area contributed by atoms with Gasteiger partial charge in [-0.1, -0.05) is 0 Å². The highest BCUT2D eigenvalue weighted by Gasteiger charge is 2.36. The first-order chi connectivity index (χ1) is 6.92. The highest BCUT2D eigenvalue weighted by Crippen LogP contribution is 2.27. The van der Waals surface area contributed by atoms with Crippen LogP contribution >= 0.6 is 0 Å². The molecule has 0 bridgehead atoms. The van der Waals surface area contributed by atoms with Gasteiger partial charge in [-0.05, 0) is 45.2 Å². The SMILES string of the molecule is OCCCCNC1CCN2CCCC12. The van der Waals surface area contributed by atoms with E-state index < -0.39 is 0 Å². The molecule has 0 aromatic carbocycles. The molecule has 2 fully saturated rings. The van der Waals surface area contributed by atoms with Gasteiger partial charge in [0.1, 0.15) is 0 Å². The topological polar surface area (TPSA) is 35.5 Å². The summed E-state index contributed by atoms with van der Waals surface area (Å²) in [7, 11) is 0. The molecule has 3 heteroatoms. The fourth-order valence-electron chi connectivity index (χ4n) is 2.84. The summed E-state index contributed by atoms with van der Waals surface area (Å²) >= 11 is 0.